The Bertz CT molecular complexity index is 329. The summed E-state index contributed by atoms with van der Waals surface area (Å²) in [5.74, 6) is -0.460. The summed E-state index contributed by atoms with van der Waals surface area (Å²) in [5.41, 5.74) is -1.20. The van der Waals surface area contributed by atoms with Crippen LogP contribution >= 0.6 is 0 Å². The molecule has 0 aromatic heterocycles. The summed E-state index contributed by atoms with van der Waals surface area (Å²) in [5, 5.41) is 5.49. The van der Waals surface area contributed by atoms with E-state index in [1.165, 1.54) is 0 Å². The van der Waals surface area contributed by atoms with E-state index in [0.29, 0.717) is 13.0 Å². The molecule has 118 valence electrons. The van der Waals surface area contributed by atoms with Crippen LogP contribution in [0.15, 0.2) is 0 Å². The SMILES string of the molecule is CNCC[C@H](NC(=O)OC(C)(C)C)C(=O)OC(C)(C)C. The number of alkyl carbamates (subject to hydrolysis) is 1. The number of carbonyl (C=O) groups is 2. The summed E-state index contributed by atoms with van der Waals surface area (Å²) < 4.78 is 10.4. The molecule has 0 aliphatic carbocycles. The second-order valence-corrected chi connectivity index (χ2v) is 6.62. The zero-order chi connectivity index (χ0) is 16.0. The molecule has 0 heterocycles. The lowest BCUT2D eigenvalue weighted by Gasteiger charge is -2.26. The zero-order valence-corrected chi connectivity index (χ0v) is 13.6. The third-order valence-electron chi connectivity index (χ3n) is 2.07. The van der Waals surface area contributed by atoms with Crippen LogP contribution in [0.1, 0.15) is 48.0 Å². The molecule has 1 amide bonds. The van der Waals surface area contributed by atoms with Gasteiger partial charge in [0.15, 0.2) is 0 Å². The molecule has 6 heteroatoms. The van der Waals surface area contributed by atoms with Gasteiger partial charge in [-0.05, 0) is 61.6 Å². The van der Waals surface area contributed by atoms with Gasteiger partial charge in [-0.1, -0.05) is 0 Å². The van der Waals surface area contributed by atoms with Crippen molar-refractivity contribution < 1.29 is 19.1 Å². The normalized spacial score (nSPS) is 13.6. The molecule has 6 nitrogen and oxygen atoms in total. The molecule has 0 bridgehead atoms. The van der Waals surface area contributed by atoms with Crippen LogP contribution < -0.4 is 10.6 Å². The lowest BCUT2D eigenvalue weighted by atomic mass is 10.1. The van der Waals surface area contributed by atoms with Crippen LogP contribution in [0, 0.1) is 0 Å². The predicted molar refractivity (Wildman–Crippen MR) is 77.5 cm³/mol. The van der Waals surface area contributed by atoms with Crippen molar-refractivity contribution in [3.05, 3.63) is 0 Å². The van der Waals surface area contributed by atoms with Gasteiger partial charge in [-0.15, -0.1) is 0 Å². The van der Waals surface area contributed by atoms with Crippen LogP contribution in [0.2, 0.25) is 0 Å². The van der Waals surface area contributed by atoms with Crippen molar-refractivity contribution in [2.75, 3.05) is 13.6 Å². The minimum absolute atomic E-state index is 0.435. The highest BCUT2D eigenvalue weighted by molar-refractivity contribution is 5.81. The molecule has 0 spiro atoms. The minimum Gasteiger partial charge on any atom is -0.458 e. The number of hydrogen-bond acceptors (Lipinski definition) is 5. The lowest BCUT2D eigenvalue weighted by molar-refractivity contribution is -0.157. The van der Waals surface area contributed by atoms with Gasteiger partial charge in [0.05, 0.1) is 0 Å². The molecule has 0 saturated heterocycles. The van der Waals surface area contributed by atoms with Crippen molar-refractivity contribution >= 4 is 12.1 Å². The lowest BCUT2D eigenvalue weighted by Crippen LogP contribution is -2.47. The van der Waals surface area contributed by atoms with Gasteiger partial charge in [0.25, 0.3) is 0 Å². The Morgan fingerprint density at radius 1 is 1.00 bits per heavy atom. The Kier molecular flexibility index (Phi) is 6.99. The molecule has 0 unspecified atom stereocenters. The number of carbonyl (C=O) groups excluding carboxylic acids is 2. The van der Waals surface area contributed by atoms with Gasteiger partial charge < -0.3 is 20.1 Å². The largest absolute Gasteiger partial charge is 0.458 e. The quantitative estimate of drug-likeness (QED) is 0.755. The molecule has 0 aromatic carbocycles. The van der Waals surface area contributed by atoms with E-state index in [9.17, 15) is 9.59 Å². The van der Waals surface area contributed by atoms with Crippen LogP contribution in [-0.4, -0.2) is 42.9 Å². The number of hydrogen-bond donors (Lipinski definition) is 2. The molecule has 0 radical (unpaired) electrons. The summed E-state index contributed by atoms with van der Waals surface area (Å²) in [6, 6.07) is -0.725. The summed E-state index contributed by atoms with van der Waals surface area (Å²) >= 11 is 0. The Morgan fingerprint density at radius 3 is 1.90 bits per heavy atom. The van der Waals surface area contributed by atoms with Gasteiger partial charge in [0.2, 0.25) is 0 Å². The fourth-order valence-electron chi connectivity index (χ4n) is 1.36. The van der Waals surface area contributed by atoms with Crippen molar-refractivity contribution in [3.8, 4) is 0 Å². The Morgan fingerprint density at radius 2 is 1.50 bits per heavy atom. The monoisotopic (exact) mass is 288 g/mol. The third kappa shape index (κ3) is 9.61. The topological polar surface area (TPSA) is 76.7 Å². The number of nitrogens with one attached hydrogen (secondary N) is 2. The number of rotatable bonds is 5. The highest BCUT2D eigenvalue weighted by atomic mass is 16.6. The summed E-state index contributed by atoms with van der Waals surface area (Å²) in [7, 11) is 1.78. The van der Waals surface area contributed by atoms with Gasteiger partial charge in [0.1, 0.15) is 17.2 Å². The maximum absolute atomic E-state index is 12.0. The van der Waals surface area contributed by atoms with Gasteiger partial charge in [-0.2, -0.15) is 0 Å². The molecule has 0 aliphatic rings. The van der Waals surface area contributed by atoms with Crippen LogP contribution in [0.3, 0.4) is 0 Å². The zero-order valence-electron chi connectivity index (χ0n) is 13.6. The second kappa shape index (κ2) is 7.47. The van der Waals surface area contributed by atoms with E-state index in [-0.39, 0.29) is 0 Å². The highest BCUT2D eigenvalue weighted by Crippen LogP contribution is 2.11. The first-order valence-corrected chi connectivity index (χ1v) is 6.81. The molecular formula is C14H28N2O4. The molecular weight excluding hydrogens is 260 g/mol. The fourth-order valence-corrected chi connectivity index (χ4v) is 1.36. The first-order valence-electron chi connectivity index (χ1n) is 6.81. The Balaban J connectivity index is 4.63. The maximum atomic E-state index is 12.0. The predicted octanol–water partition coefficient (Wildman–Crippen LogP) is 1.83. The van der Waals surface area contributed by atoms with Gasteiger partial charge in [0, 0.05) is 0 Å². The van der Waals surface area contributed by atoms with E-state index in [0.717, 1.165) is 0 Å². The first kappa shape index (κ1) is 18.7. The summed E-state index contributed by atoms with van der Waals surface area (Å²) in [6.07, 6.45) is -0.186. The summed E-state index contributed by atoms with van der Waals surface area (Å²) in [6.45, 7) is 11.2. The van der Waals surface area contributed by atoms with Gasteiger partial charge >= 0.3 is 12.1 Å². The summed E-state index contributed by atoms with van der Waals surface area (Å²) in [4.78, 5) is 23.8. The minimum atomic E-state index is -0.725. The van der Waals surface area contributed by atoms with Crippen molar-refractivity contribution in [1.29, 1.82) is 0 Å². The van der Waals surface area contributed by atoms with Gasteiger partial charge in [-0.25, -0.2) is 9.59 Å². The van der Waals surface area contributed by atoms with Crippen LogP contribution in [0.25, 0.3) is 0 Å². The van der Waals surface area contributed by atoms with E-state index in [1.54, 1.807) is 48.6 Å². The Hall–Kier alpha value is -1.30. The van der Waals surface area contributed by atoms with E-state index < -0.39 is 29.3 Å². The molecule has 20 heavy (non-hydrogen) atoms. The average molecular weight is 288 g/mol. The molecule has 1 atom stereocenters. The molecule has 0 saturated carbocycles. The third-order valence-corrected chi connectivity index (χ3v) is 2.07. The number of esters is 1. The van der Waals surface area contributed by atoms with Crippen LogP contribution in [0.4, 0.5) is 4.79 Å². The second-order valence-electron chi connectivity index (χ2n) is 6.62. The van der Waals surface area contributed by atoms with Crippen LogP contribution in [-0.2, 0) is 14.3 Å². The standard InChI is InChI=1S/C14H28N2O4/c1-13(2,3)19-11(17)10(8-9-15-7)16-12(18)20-14(4,5)6/h10,15H,8-9H2,1-7H3,(H,16,18)/t10-/m0/s1. The van der Waals surface area contributed by atoms with E-state index in [1.807, 2.05) is 0 Å². The van der Waals surface area contributed by atoms with Crippen molar-refractivity contribution in [2.45, 2.75) is 65.2 Å². The van der Waals surface area contributed by atoms with E-state index in [4.69, 9.17) is 9.47 Å². The smallest absolute Gasteiger partial charge is 0.408 e. The average Bonchev–Trinajstić information content (AvgIpc) is 2.18. The number of amides is 1. The van der Waals surface area contributed by atoms with Crippen molar-refractivity contribution in [3.63, 3.8) is 0 Å². The van der Waals surface area contributed by atoms with E-state index >= 15 is 0 Å². The van der Waals surface area contributed by atoms with E-state index in [2.05, 4.69) is 10.6 Å². The Labute approximate surface area is 121 Å². The van der Waals surface area contributed by atoms with Crippen molar-refractivity contribution in [1.82, 2.24) is 10.6 Å². The highest BCUT2D eigenvalue weighted by Gasteiger charge is 2.28. The molecule has 0 aromatic rings. The molecule has 0 rings (SSSR count). The molecule has 0 aliphatic heterocycles. The fraction of sp³-hybridized carbons (Fsp3) is 0.857. The van der Waals surface area contributed by atoms with Crippen molar-refractivity contribution in [2.24, 2.45) is 0 Å². The molecule has 2 N–H and O–H groups in total. The first-order chi connectivity index (χ1) is 8.94. The number of ether oxygens (including phenoxy) is 2. The maximum Gasteiger partial charge on any atom is 0.408 e. The van der Waals surface area contributed by atoms with Gasteiger partial charge in [-0.3, -0.25) is 0 Å². The molecule has 0 fully saturated rings. The van der Waals surface area contributed by atoms with Crippen LogP contribution in [0.5, 0.6) is 0 Å².